The molecule has 4 nitrogen and oxygen atoms in total. The van der Waals surface area contributed by atoms with E-state index in [9.17, 15) is 0 Å². The lowest BCUT2D eigenvalue weighted by molar-refractivity contribution is 0.424. The van der Waals surface area contributed by atoms with Gasteiger partial charge in [-0.15, -0.1) is 0 Å². The SMILES string of the molecule is N#Cc1cccnc1B(O)O. The third-order valence-electron chi connectivity index (χ3n) is 1.20. The first-order valence-electron chi connectivity index (χ1n) is 2.97. The molecule has 5 heteroatoms. The third kappa shape index (κ3) is 1.55. The summed E-state index contributed by atoms with van der Waals surface area (Å²) in [5.74, 6) is 0. The smallest absolute Gasteiger partial charge is 0.422 e. The van der Waals surface area contributed by atoms with E-state index in [1.807, 2.05) is 0 Å². The van der Waals surface area contributed by atoms with E-state index in [2.05, 4.69) is 4.98 Å². The highest BCUT2D eigenvalue weighted by atomic mass is 16.4. The van der Waals surface area contributed by atoms with E-state index in [0.717, 1.165) is 0 Å². The van der Waals surface area contributed by atoms with Crippen LogP contribution in [0.3, 0.4) is 0 Å². The molecular weight excluding hydrogens is 143 g/mol. The Morgan fingerprint density at radius 2 is 2.27 bits per heavy atom. The Morgan fingerprint density at radius 3 is 2.73 bits per heavy atom. The second-order valence-electron chi connectivity index (χ2n) is 1.92. The number of hydrogen-bond acceptors (Lipinski definition) is 4. The number of rotatable bonds is 1. The predicted octanol–water partition coefficient (Wildman–Crippen LogP) is -1.37. The van der Waals surface area contributed by atoms with Gasteiger partial charge in [0.1, 0.15) is 6.07 Å². The molecule has 0 unspecified atom stereocenters. The molecule has 1 rings (SSSR count). The molecule has 0 spiro atoms. The van der Waals surface area contributed by atoms with E-state index in [-0.39, 0.29) is 11.2 Å². The van der Waals surface area contributed by atoms with Crippen LogP contribution in [0.2, 0.25) is 0 Å². The van der Waals surface area contributed by atoms with Crippen LogP contribution in [0.5, 0.6) is 0 Å². The molecule has 0 aromatic carbocycles. The Bertz CT molecular complexity index is 295. The summed E-state index contributed by atoms with van der Waals surface area (Å²) in [5, 5.41) is 25.8. The summed E-state index contributed by atoms with van der Waals surface area (Å²) in [4.78, 5) is 3.63. The maximum absolute atomic E-state index is 8.68. The first-order valence-corrected chi connectivity index (χ1v) is 2.97. The summed E-state index contributed by atoms with van der Waals surface area (Å²) in [6.45, 7) is 0. The standard InChI is InChI=1S/C6H5BN2O2/c8-4-5-2-1-3-9-6(5)7(10)11/h1-3,10-11H. The summed E-state index contributed by atoms with van der Waals surface area (Å²) in [7, 11) is -1.68. The number of pyridine rings is 1. The Hall–Kier alpha value is -1.38. The lowest BCUT2D eigenvalue weighted by atomic mass is 9.82. The quantitative estimate of drug-likeness (QED) is 0.481. The normalized spacial score (nSPS) is 8.82. The van der Waals surface area contributed by atoms with Gasteiger partial charge in [0, 0.05) is 6.20 Å². The van der Waals surface area contributed by atoms with Crippen molar-refractivity contribution >= 4 is 12.7 Å². The topological polar surface area (TPSA) is 77.1 Å². The average molecular weight is 148 g/mol. The summed E-state index contributed by atoms with van der Waals surface area (Å²) in [5.41, 5.74) is 0.178. The molecule has 54 valence electrons. The number of nitriles is 1. The molecule has 1 aromatic heterocycles. The van der Waals surface area contributed by atoms with Crippen LogP contribution in [0.15, 0.2) is 18.3 Å². The fourth-order valence-electron chi connectivity index (χ4n) is 0.718. The van der Waals surface area contributed by atoms with Gasteiger partial charge in [0.05, 0.1) is 11.2 Å². The van der Waals surface area contributed by atoms with Gasteiger partial charge < -0.3 is 10.0 Å². The van der Waals surface area contributed by atoms with Crippen LogP contribution in [-0.4, -0.2) is 22.2 Å². The van der Waals surface area contributed by atoms with Gasteiger partial charge in [-0.2, -0.15) is 5.26 Å². The molecule has 11 heavy (non-hydrogen) atoms. The van der Waals surface area contributed by atoms with Crippen LogP contribution < -0.4 is 5.59 Å². The van der Waals surface area contributed by atoms with E-state index in [1.54, 1.807) is 12.1 Å². The highest BCUT2D eigenvalue weighted by Gasteiger charge is 2.16. The molecule has 1 aromatic rings. The number of aromatic nitrogens is 1. The molecule has 0 aliphatic carbocycles. The summed E-state index contributed by atoms with van der Waals surface area (Å²) < 4.78 is 0. The minimum Gasteiger partial charge on any atom is -0.422 e. The van der Waals surface area contributed by atoms with Crippen LogP contribution in [0.4, 0.5) is 0 Å². The fourth-order valence-corrected chi connectivity index (χ4v) is 0.718. The number of nitrogens with zero attached hydrogens (tertiary/aromatic N) is 2. The fraction of sp³-hybridized carbons (Fsp3) is 0. The van der Waals surface area contributed by atoms with E-state index >= 15 is 0 Å². The van der Waals surface area contributed by atoms with Crippen molar-refractivity contribution in [3.63, 3.8) is 0 Å². The van der Waals surface area contributed by atoms with Gasteiger partial charge in [-0.05, 0) is 12.1 Å². The van der Waals surface area contributed by atoms with Crippen molar-refractivity contribution in [2.75, 3.05) is 0 Å². The second kappa shape index (κ2) is 3.15. The zero-order chi connectivity index (χ0) is 8.27. The summed E-state index contributed by atoms with van der Waals surface area (Å²) in [6.07, 6.45) is 1.40. The molecule has 0 aliphatic rings. The van der Waals surface area contributed by atoms with Gasteiger partial charge in [-0.25, -0.2) is 0 Å². The van der Waals surface area contributed by atoms with Crippen molar-refractivity contribution in [3.8, 4) is 6.07 Å². The second-order valence-corrected chi connectivity index (χ2v) is 1.92. The molecule has 0 saturated heterocycles. The van der Waals surface area contributed by atoms with Gasteiger partial charge in [-0.3, -0.25) is 4.98 Å². The van der Waals surface area contributed by atoms with Crippen molar-refractivity contribution in [3.05, 3.63) is 23.9 Å². The van der Waals surface area contributed by atoms with Crippen LogP contribution in [0, 0.1) is 11.3 Å². The highest BCUT2D eigenvalue weighted by molar-refractivity contribution is 6.58. The van der Waals surface area contributed by atoms with Crippen LogP contribution in [-0.2, 0) is 0 Å². The monoisotopic (exact) mass is 148 g/mol. The Labute approximate surface area is 63.9 Å². The molecule has 2 N–H and O–H groups in total. The molecule has 0 amide bonds. The van der Waals surface area contributed by atoms with Crippen molar-refractivity contribution in [1.82, 2.24) is 4.98 Å². The van der Waals surface area contributed by atoms with Crippen LogP contribution >= 0.6 is 0 Å². The molecule has 0 saturated carbocycles. The van der Waals surface area contributed by atoms with Gasteiger partial charge >= 0.3 is 7.12 Å². The van der Waals surface area contributed by atoms with Crippen LogP contribution in [0.1, 0.15) is 5.56 Å². The summed E-state index contributed by atoms with van der Waals surface area (Å²) >= 11 is 0. The Kier molecular flexibility index (Phi) is 2.21. The van der Waals surface area contributed by atoms with E-state index < -0.39 is 7.12 Å². The van der Waals surface area contributed by atoms with Crippen molar-refractivity contribution in [2.24, 2.45) is 0 Å². The Balaban J connectivity index is 3.15. The van der Waals surface area contributed by atoms with Gasteiger partial charge in [0.25, 0.3) is 0 Å². The molecular formula is C6H5BN2O2. The largest absolute Gasteiger partial charge is 0.509 e. The van der Waals surface area contributed by atoms with E-state index in [4.69, 9.17) is 15.3 Å². The van der Waals surface area contributed by atoms with E-state index in [0.29, 0.717) is 0 Å². The lowest BCUT2D eigenvalue weighted by Crippen LogP contribution is -2.34. The minimum absolute atomic E-state index is 0.00463. The van der Waals surface area contributed by atoms with Gasteiger partial charge in [0.2, 0.25) is 0 Å². The maximum Gasteiger partial charge on any atom is 0.509 e. The zero-order valence-electron chi connectivity index (χ0n) is 5.60. The molecule has 0 aliphatic heterocycles. The predicted molar refractivity (Wildman–Crippen MR) is 38.8 cm³/mol. The zero-order valence-corrected chi connectivity index (χ0v) is 5.60. The maximum atomic E-state index is 8.68. The third-order valence-corrected chi connectivity index (χ3v) is 1.20. The van der Waals surface area contributed by atoms with Gasteiger partial charge in [0.15, 0.2) is 0 Å². The van der Waals surface area contributed by atoms with Crippen molar-refractivity contribution in [2.45, 2.75) is 0 Å². The molecule has 0 radical (unpaired) electrons. The Morgan fingerprint density at radius 1 is 1.55 bits per heavy atom. The molecule has 1 heterocycles. The summed E-state index contributed by atoms with van der Waals surface area (Å²) in [6, 6.07) is 4.83. The van der Waals surface area contributed by atoms with Crippen molar-refractivity contribution in [1.29, 1.82) is 5.26 Å². The molecule has 0 fully saturated rings. The average Bonchev–Trinajstić information content (AvgIpc) is 2.04. The molecule has 0 atom stereocenters. The first kappa shape index (κ1) is 7.73. The lowest BCUT2D eigenvalue weighted by Gasteiger charge is -1.97. The first-order chi connectivity index (χ1) is 5.25. The van der Waals surface area contributed by atoms with Crippen molar-refractivity contribution < 1.29 is 10.0 Å². The molecule has 0 bridgehead atoms. The highest BCUT2D eigenvalue weighted by Crippen LogP contribution is 1.89. The number of hydrogen-bond donors (Lipinski definition) is 2. The van der Waals surface area contributed by atoms with Gasteiger partial charge in [-0.1, -0.05) is 0 Å². The minimum atomic E-state index is -1.68. The van der Waals surface area contributed by atoms with Crippen LogP contribution in [0.25, 0.3) is 0 Å². The van der Waals surface area contributed by atoms with E-state index in [1.165, 1.54) is 12.3 Å².